The van der Waals surface area contributed by atoms with Crippen molar-refractivity contribution in [3.8, 4) is 0 Å². The van der Waals surface area contributed by atoms with Gasteiger partial charge in [0, 0.05) is 18.9 Å². The lowest BCUT2D eigenvalue weighted by Gasteiger charge is -2.19. The molecule has 0 bridgehead atoms. The number of hydrogen-bond donors (Lipinski definition) is 1. The minimum atomic E-state index is 0.698. The van der Waals surface area contributed by atoms with Crippen molar-refractivity contribution in [1.82, 2.24) is 10.3 Å². The van der Waals surface area contributed by atoms with Crippen molar-refractivity contribution in [2.75, 3.05) is 13.1 Å². The molecule has 0 spiro atoms. The molecule has 0 aromatic carbocycles. The van der Waals surface area contributed by atoms with Crippen molar-refractivity contribution in [3.63, 3.8) is 0 Å². The van der Waals surface area contributed by atoms with Crippen LogP contribution in [-0.2, 0) is 0 Å². The van der Waals surface area contributed by atoms with Crippen LogP contribution in [0.25, 0.3) is 6.08 Å². The van der Waals surface area contributed by atoms with Gasteiger partial charge in [0.1, 0.15) is 0 Å². The molecule has 1 aromatic rings. The molecule has 0 aliphatic carbocycles. The van der Waals surface area contributed by atoms with Gasteiger partial charge < -0.3 is 5.32 Å². The van der Waals surface area contributed by atoms with Crippen LogP contribution in [0.15, 0.2) is 30.6 Å². The molecule has 0 radical (unpaired) electrons. The first kappa shape index (κ1) is 9.41. The fourth-order valence-electron chi connectivity index (χ4n) is 1.76. The van der Waals surface area contributed by atoms with E-state index in [1.807, 2.05) is 12.3 Å². The van der Waals surface area contributed by atoms with E-state index in [-0.39, 0.29) is 0 Å². The van der Waals surface area contributed by atoms with Crippen molar-refractivity contribution in [3.05, 3.63) is 36.2 Å². The Morgan fingerprint density at radius 1 is 1.50 bits per heavy atom. The Morgan fingerprint density at radius 3 is 3.21 bits per heavy atom. The molecule has 1 aliphatic heterocycles. The van der Waals surface area contributed by atoms with Crippen molar-refractivity contribution in [2.45, 2.75) is 12.8 Å². The topological polar surface area (TPSA) is 24.9 Å². The minimum Gasteiger partial charge on any atom is -0.316 e. The van der Waals surface area contributed by atoms with Gasteiger partial charge in [-0.2, -0.15) is 0 Å². The van der Waals surface area contributed by atoms with E-state index < -0.39 is 0 Å². The monoisotopic (exact) mass is 188 g/mol. The summed E-state index contributed by atoms with van der Waals surface area (Å²) in [5, 5.41) is 3.40. The molecule has 0 amide bonds. The predicted molar refractivity (Wildman–Crippen MR) is 58.9 cm³/mol. The van der Waals surface area contributed by atoms with Gasteiger partial charge in [-0.05, 0) is 36.9 Å². The summed E-state index contributed by atoms with van der Waals surface area (Å²) in [6, 6.07) is 4.05. The van der Waals surface area contributed by atoms with Crippen LogP contribution in [0.5, 0.6) is 0 Å². The first-order chi connectivity index (χ1) is 6.95. The smallest absolute Gasteiger partial charge is 0.0340 e. The molecule has 2 rings (SSSR count). The summed E-state index contributed by atoms with van der Waals surface area (Å²) in [5.41, 5.74) is 1.19. The minimum absolute atomic E-state index is 0.698. The molecule has 1 N–H and O–H groups in total. The van der Waals surface area contributed by atoms with E-state index in [2.05, 4.69) is 28.5 Å². The second-order valence-corrected chi connectivity index (χ2v) is 3.75. The average Bonchev–Trinajstić information content (AvgIpc) is 2.29. The Morgan fingerprint density at radius 2 is 2.50 bits per heavy atom. The Bertz CT molecular complexity index is 286. The highest BCUT2D eigenvalue weighted by molar-refractivity contribution is 5.47. The Hall–Kier alpha value is -1.15. The maximum Gasteiger partial charge on any atom is 0.0340 e. The van der Waals surface area contributed by atoms with Crippen molar-refractivity contribution >= 4 is 6.08 Å². The number of rotatable bonds is 2. The van der Waals surface area contributed by atoms with Gasteiger partial charge in [0.2, 0.25) is 0 Å². The summed E-state index contributed by atoms with van der Waals surface area (Å²) < 4.78 is 0. The normalized spacial score (nSPS) is 22.7. The third-order valence-electron chi connectivity index (χ3n) is 2.58. The molecular formula is C12H16N2. The van der Waals surface area contributed by atoms with Crippen molar-refractivity contribution in [2.24, 2.45) is 5.92 Å². The fourth-order valence-corrected chi connectivity index (χ4v) is 1.76. The summed E-state index contributed by atoms with van der Waals surface area (Å²) in [5.74, 6) is 0.698. The molecule has 1 atom stereocenters. The molecule has 1 fully saturated rings. The van der Waals surface area contributed by atoms with Gasteiger partial charge in [-0.15, -0.1) is 0 Å². The molecule has 2 heteroatoms. The highest BCUT2D eigenvalue weighted by Gasteiger charge is 2.08. The molecule has 1 aliphatic rings. The van der Waals surface area contributed by atoms with Crippen LogP contribution in [0.2, 0.25) is 0 Å². The largest absolute Gasteiger partial charge is 0.316 e. The molecule has 0 saturated carbocycles. The van der Waals surface area contributed by atoms with E-state index >= 15 is 0 Å². The van der Waals surface area contributed by atoms with Crippen LogP contribution in [-0.4, -0.2) is 18.1 Å². The second kappa shape index (κ2) is 4.91. The summed E-state index contributed by atoms with van der Waals surface area (Å²) >= 11 is 0. The molecule has 2 heterocycles. The first-order valence-corrected chi connectivity index (χ1v) is 5.24. The number of nitrogens with zero attached hydrogens (tertiary/aromatic N) is 1. The maximum atomic E-state index is 4.08. The zero-order chi connectivity index (χ0) is 9.64. The van der Waals surface area contributed by atoms with E-state index in [1.54, 1.807) is 6.20 Å². The van der Waals surface area contributed by atoms with E-state index in [0.717, 1.165) is 6.54 Å². The van der Waals surface area contributed by atoms with E-state index in [9.17, 15) is 0 Å². The second-order valence-electron chi connectivity index (χ2n) is 3.75. The van der Waals surface area contributed by atoms with Gasteiger partial charge in [-0.1, -0.05) is 18.2 Å². The van der Waals surface area contributed by atoms with Crippen LogP contribution < -0.4 is 5.32 Å². The van der Waals surface area contributed by atoms with Crippen LogP contribution in [0, 0.1) is 5.92 Å². The van der Waals surface area contributed by atoms with Crippen LogP contribution in [0.1, 0.15) is 18.4 Å². The van der Waals surface area contributed by atoms with Crippen molar-refractivity contribution < 1.29 is 0 Å². The van der Waals surface area contributed by atoms with Gasteiger partial charge in [0.15, 0.2) is 0 Å². The molecule has 1 aromatic heterocycles. The number of hydrogen-bond acceptors (Lipinski definition) is 2. The van der Waals surface area contributed by atoms with Crippen LogP contribution >= 0.6 is 0 Å². The third-order valence-corrected chi connectivity index (χ3v) is 2.58. The number of pyridine rings is 1. The van der Waals surface area contributed by atoms with Gasteiger partial charge in [-0.3, -0.25) is 4.98 Å². The van der Waals surface area contributed by atoms with E-state index in [1.165, 1.54) is 24.9 Å². The summed E-state index contributed by atoms with van der Waals surface area (Å²) in [6.45, 7) is 2.30. The number of nitrogens with one attached hydrogen (secondary N) is 1. The third kappa shape index (κ3) is 2.67. The Labute approximate surface area is 85.1 Å². The first-order valence-electron chi connectivity index (χ1n) is 5.24. The molecule has 1 unspecified atom stereocenters. The molecule has 74 valence electrons. The summed E-state index contributed by atoms with van der Waals surface area (Å²) in [6.07, 6.45) is 10.8. The van der Waals surface area contributed by atoms with Crippen molar-refractivity contribution in [1.29, 1.82) is 0 Å². The average molecular weight is 188 g/mol. The van der Waals surface area contributed by atoms with E-state index in [0.29, 0.717) is 5.92 Å². The zero-order valence-electron chi connectivity index (χ0n) is 8.32. The number of piperidine rings is 1. The quantitative estimate of drug-likeness (QED) is 0.768. The standard InChI is InChI=1S/C12H16N2/c1-3-11(9-13-7-1)5-6-12-4-2-8-14-10-12/h1,3,5-7,9,12,14H,2,4,8,10H2/b6-5+. The lowest BCUT2D eigenvalue weighted by molar-refractivity contribution is 0.439. The van der Waals surface area contributed by atoms with Crippen LogP contribution in [0.3, 0.4) is 0 Å². The van der Waals surface area contributed by atoms with Crippen LogP contribution in [0.4, 0.5) is 0 Å². The van der Waals surface area contributed by atoms with Gasteiger partial charge >= 0.3 is 0 Å². The zero-order valence-corrected chi connectivity index (χ0v) is 8.32. The molecule has 14 heavy (non-hydrogen) atoms. The van der Waals surface area contributed by atoms with Gasteiger partial charge in [0.05, 0.1) is 0 Å². The maximum absolute atomic E-state index is 4.08. The molecular weight excluding hydrogens is 172 g/mol. The highest BCUT2D eigenvalue weighted by atomic mass is 14.9. The molecule has 2 nitrogen and oxygen atoms in total. The Kier molecular flexibility index (Phi) is 3.30. The highest BCUT2D eigenvalue weighted by Crippen LogP contribution is 2.12. The predicted octanol–water partition coefficient (Wildman–Crippen LogP) is 2.09. The lowest BCUT2D eigenvalue weighted by Crippen LogP contribution is -2.28. The Balaban J connectivity index is 1.93. The number of aromatic nitrogens is 1. The van der Waals surface area contributed by atoms with Gasteiger partial charge in [-0.25, -0.2) is 0 Å². The lowest BCUT2D eigenvalue weighted by atomic mass is 9.98. The fraction of sp³-hybridized carbons (Fsp3) is 0.417. The summed E-state index contributed by atoms with van der Waals surface area (Å²) in [4.78, 5) is 4.08. The van der Waals surface area contributed by atoms with Gasteiger partial charge in [0.25, 0.3) is 0 Å². The summed E-state index contributed by atoms with van der Waals surface area (Å²) in [7, 11) is 0. The molecule has 1 saturated heterocycles. The van der Waals surface area contributed by atoms with E-state index in [4.69, 9.17) is 0 Å². The SMILES string of the molecule is C(=C\C1CCCNC1)/c1cccnc1.